The molecule has 7 heteroatoms. The molecule has 3 N–H and O–H groups in total. The lowest BCUT2D eigenvalue weighted by Gasteiger charge is -2.15. The fraction of sp³-hybridized carbons (Fsp3) is 0.393. The average Bonchev–Trinajstić information content (AvgIpc) is 3.17. The highest BCUT2D eigenvalue weighted by Gasteiger charge is 2.28. The van der Waals surface area contributed by atoms with Gasteiger partial charge in [-0.3, -0.25) is 9.59 Å². The summed E-state index contributed by atoms with van der Waals surface area (Å²) in [5, 5.41) is 14.3. The number of benzene rings is 2. The van der Waals surface area contributed by atoms with E-state index in [0.717, 1.165) is 30.4 Å². The second kappa shape index (κ2) is 13.3. The summed E-state index contributed by atoms with van der Waals surface area (Å²) < 4.78 is 5.47. The summed E-state index contributed by atoms with van der Waals surface area (Å²) in [4.78, 5) is 34.9. The number of hydrogen-bond acceptors (Lipinski definition) is 4. The summed E-state index contributed by atoms with van der Waals surface area (Å²) in [7, 11) is 0. The van der Waals surface area contributed by atoms with Gasteiger partial charge in [-0.25, -0.2) is 4.79 Å². The number of rotatable bonds is 13. The van der Waals surface area contributed by atoms with Crippen molar-refractivity contribution in [2.75, 3.05) is 19.7 Å². The van der Waals surface area contributed by atoms with Gasteiger partial charge in [0, 0.05) is 31.5 Å². The van der Waals surface area contributed by atoms with Crippen molar-refractivity contribution in [3.63, 3.8) is 0 Å². The van der Waals surface area contributed by atoms with Gasteiger partial charge in [-0.05, 0) is 41.0 Å². The van der Waals surface area contributed by atoms with Crippen LogP contribution in [-0.4, -0.2) is 42.8 Å². The number of alkyl carbamates (subject to hydrolysis) is 1. The van der Waals surface area contributed by atoms with E-state index >= 15 is 0 Å². The van der Waals surface area contributed by atoms with Gasteiger partial charge in [0.05, 0.1) is 0 Å². The van der Waals surface area contributed by atoms with E-state index in [1.165, 1.54) is 17.2 Å². The number of hydrogen-bond donors (Lipinski definition) is 3. The molecule has 0 aromatic heterocycles. The predicted octanol–water partition coefficient (Wildman–Crippen LogP) is 4.87. The Morgan fingerprint density at radius 3 is 2.26 bits per heavy atom. The summed E-state index contributed by atoms with van der Waals surface area (Å²) in [6, 6.07) is 16.3. The zero-order chi connectivity index (χ0) is 25.0. The second-order valence-corrected chi connectivity index (χ2v) is 8.78. The van der Waals surface area contributed by atoms with E-state index in [2.05, 4.69) is 41.8 Å². The Hall–Kier alpha value is -3.61. The Kier molecular flexibility index (Phi) is 9.90. The van der Waals surface area contributed by atoms with E-state index in [-0.39, 0.29) is 37.3 Å². The molecule has 1 atom stereocenters. The van der Waals surface area contributed by atoms with Crippen LogP contribution in [0.2, 0.25) is 0 Å². The lowest BCUT2D eigenvalue weighted by molar-refractivity contribution is -0.137. The van der Waals surface area contributed by atoms with Crippen molar-refractivity contribution in [2.45, 2.75) is 44.9 Å². The summed E-state index contributed by atoms with van der Waals surface area (Å²) >= 11 is 0. The topological polar surface area (TPSA) is 105 Å². The lowest BCUT2D eigenvalue weighted by Crippen LogP contribution is -2.27. The first-order valence-corrected chi connectivity index (χ1v) is 12.2. The molecule has 0 saturated heterocycles. The molecule has 1 aliphatic rings. The smallest absolute Gasteiger partial charge is 0.407 e. The minimum Gasteiger partial charge on any atom is -0.481 e. The number of carboxylic acid groups (broad SMARTS) is 1. The summed E-state index contributed by atoms with van der Waals surface area (Å²) in [6.07, 6.45) is 5.89. The van der Waals surface area contributed by atoms with Gasteiger partial charge >= 0.3 is 12.1 Å². The SMILES string of the molecule is CCCC(CCNC(=O)/C=C/CNC(=O)OCC1c2ccccc2-c2ccccc21)CCC(=O)O. The van der Waals surface area contributed by atoms with Crippen LogP contribution in [0.1, 0.15) is 56.1 Å². The summed E-state index contributed by atoms with van der Waals surface area (Å²) in [5.41, 5.74) is 4.66. The largest absolute Gasteiger partial charge is 0.481 e. The van der Waals surface area contributed by atoms with Gasteiger partial charge in [0.2, 0.25) is 5.91 Å². The van der Waals surface area contributed by atoms with Gasteiger partial charge in [0.1, 0.15) is 6.61 Å². The zero-order valence-electron chi connectivity index (χ0n) is 20.2. The standard InChI is InChI=1S/C28H34N2O5/c1-2-8-20(14-15-27(32)33)16-18-29-26(31)13-7-17-30-28(34)35-19-25-23-11-5-3-9-21(23)22-10-4-6-12-24(22)25/h3-7,9-13,20,25H,2,8,14-19H2,1H3,(H,29,31)(H,30,34)(H,32,33)/b13-7+. The molecule has 7 nitrogen and oxygen atoms in total. The van der Waals surface area contributed by atoms with Crippen molar-refractivity contribution in [3.05, 3.63) is 71.8 Å². The maximum absolute atomic E-state index is 12.2. The van der Waals surface area contributed by atoms with Gasteiger partial charge < -0.3 is 20.5 Å². The van der Waals surface area contributed by atoms with Gasteiger partial charge in [-0.2, -0.15) is 0 Å². The van der Waals surface area contributed by atoms with E-state index in [1.54, 1.807) is 6.08 Å². The Balaban J connectivity index is 1.36. The first-order valence-electron chi connectivity index (χ1n) is 12.2. The first kappa shape index (κ1) is 26.0. The van der Waals surface area contributed by atoms with E-state index in [4.69, 9.17) is 9.84 Å². The molecule has 0 spiro atoms. The van der Waals surface area contributed by atoms with Crippen LogP contribution in [0.25, 0.3) is 11.1 Å². The molecular formula is C28H34N2O5. The molecule has 2 amide bonds. The third kappa shape index (κ3) is 7.70. The van der Waals surface area contributed by atoms with Crippen LogP contribution < -0.4 is 10.6 Å². The molecule has 0 saturated carbocycles. The van der Waals surface area contributed by atoms with Gasteiger partial charge in [0.15, 0.2) is 0 Å². The predicted molar refractivity (Wildman–Crippen MR) is 135 cm³/mol. The van der Waals surface area contributed by atoms with Crippen LogP contribution in [0.4, 0.5) is 4.79 Å². The third-order valence-electron chi connectivity index (χ3n) is 6.29. The lowest BCUT2D eigenvalue weighted by atomic mass is 9.94. The molecule has 35 heavy (non-hydrogen) atoms. The number of aliphatic carboxylic acids is 1. The monoisotopic (exact) mass is 478 g/mol. The zero-order valence-corrected chi connectivity index (χ0v) is 20.2. The van der Waals surface area contributed by atoms with E-state index < -0.39 is 12.1 Å². The number of carbonyl (C=O) groups excluding carboxylic acids is 2. The van der Waals surface area contributed by atoms with Crippen LogP contribution in [-0.2, 0) is 14.3 Å². The van der Waals surface area contributed by atoms with Crippen LogP contribution in [0.15, 0.2) is 60.7 Å². The molecule has 0 fully saturated rings. The molecule has 0 heterocycles. The quantitative estimate of drug-likeness (QED) is 0.356. The molecular weight excluding hydrogens is 444 g/mol. The number of amides is 2. The van der Waals surface area contributed by atoms with E-state index in [9.17, 15) is 14.4 Å². The molecule has 0 radical (unpaired) electrons. The number of fused-ring (bicyclic) bond motifs is 3. The Labute approximate surface area is 206 Å². The maximum atomic E-state index is 12.2. The van der Waals surface area contributed by atoms with Crippen molar-refractivity contribution in [1.82, 2.24) is 10.6 Å². The van der Waals surface area contributed by atoms with Crippen molar-refractivity contribution in [2.24, 2.45) is 5.92 Å². The Morgan fingerprint density at radius 1 is 0.971 bits per heavy atom. The first-order chi connectivity index (χ1) is 17.0. The number of carboxylic acids is 1. The minimum atomic E-state index is -0.790. The maximum Gasteiger partial charge on any atom is 0.407 e. The van der Waals surface area contributed by atoms with Gasteiger partial charge in [-0.1, -0.05) is 74.4 Å². The molecule has 1 aliphatic carbocycles. The van der Waals surface area contributed by atoms with Gasteiger partial charge in [-0.15, -0.1) is 0 Å². The van der Waals surface area contributed by atoms with Crippen LogP contribution >= 0.6 is 0 Å². The summed E-state index contributed by atoms with van der Waals surface area (Å²) in [6.45, 7) is 2.98. The highest BCUT2D eigenvalue weighted by molar-refractivity contribution is 5.87. The molecule has 0 bridgehead atoms. The highest BCUT2D eigenvalue weighted by atomic mass is 16.5. The van der Waals surface area contributed by atoms with Crippen LogP contribution in [0.3, 0.4) is 0 Å². The number of carbonyl (C=O) groups is 3. The van der Waals surface area contributed by atoms with Crippen LogP contribution in [0.5, 0.6) is 0 Å². The minimum absolute atomic E-state index is 0.00139. The molecule has 3 rings (SSSR count). The van der Waals surface area contributed by atoms with Crippen LogP contribution in [0, 0.1) is 5.92 Å². The van der Waals surface area contributed by atoms with Crippen molar-refractivity contribution < 1.29 is 24.2 Å². The molecule has 2 aromatic carbocycles. The number of nitrogens with one attached hydrogen (secondary N) is 2. The molecule has 2 aromatic rings. The van der Waals surface area contributed by atoms with E-state index in [1.807, 2.05) is 24.3 Å². The molecule has 1 unspecified atom stereocenters. The van der Waals surface area contributed by atoms with Crippen molar-refractivity contribution in [3.8, 4) is 11.1 Å². The Bertz CT molecular complexity index is 1000. The van der Waals surface area contributed by atoms with Crippen molar-refractivity contribution >= 4 is 18.0 Å². The third-order valence-corrected chi connectivity index (χ3v) is 6.29. The highest BCUT2D eigenvalue weighted by Crippen LogP contribution is 2.44. The second-order valence-electron chi connectivity index (χ2n) is 8.78. The fourth-order valence-electron chi connectivity index (χ4n) is 4.58. The average molecular weight is 479 g/mol. The van der Waals surface area contributed by atoms with E-state index in [0.29, 0.717) is 13.0 Å². The molecule has 0 aliphatic heterocycles. The Morgan fingerprint density at radius 2 is 1.63 bits per heavy atom. The molecule has 186 valence electrons. The number of ether oxygens (including phenoxy) is 1. The van der Waals surface area contributed by atoms with Gasteiger partial charge in [0.25, 0.3) is 0 Å². The normalized spacial score (nSPS) is 13.2. The summed E-state index contributed by atoms with van der Waals surface area (Å²) in [5.74, 6) is -0.744. The van der Waals surface area contributed by atoms with Crippen molar-refractivity contribution in [1.29, 1.82) is 0 Å². The fourth-order valence-corrected chi connectivity index (χ4v) is 4.58.